The molecule has 0 bridgehead atoms. The second kappa shape index (κ2) is 3.30. The Labute approximate surface area is 84.3 Å². The van der Waals surface area contributed by atoms with Crippen LogP contribution in [-0.4, -0.2) is 15.2 Å². The molecule has 0 saturated heterocycles. The quantitative estimate of drug-likeness (QED) is 0.829. The van der Waals surface area contributed by atoms with E-state index in [1.807, 2.05) is 25.1 Å². The minimum absolute atomic E-state index is 0.741. The Morgan fingerprint density at radius 1 is 1.38 bits per heavy atom. The Bertz CT molecular complexity index is 409. The van der Waals surface area contributed by atoms with Gasteiger partial charge in [-0.15, -0.1) is 0 Å². The van der Waals surface area contributed by atoms with E-state index in [4.69, 9.17) is 0 Å². The molecule has 0 fully saturated rings. The van der Waals surface area contributed by atoms with Crippen molar-refractivity contribution >= 4 is 15.9 Å². The molecule has 1 heterocycles. The van der Waals surface area contributed by atoms with E-state index >= 15 is 0 Å². The Kier molecular flexibility index (Phi) is 2.14. The molecule has 1 aromatic heterocycles. The van der Waals surface area contributed by atoms with E-state index in [1.54, 1.807) is 6.33 Å². The second-order valence-corrected chi connectivity index (χ2v) is 3.70. The number of benzene rings is 1. The molecular weight excluding hydrogens is 230 g/mol. The van der Waals surface area contributed by atoms with Gasteiger partial charge in [-0.25, -0.2) is 4.98 Å². The molecule has 0 amide bonds. The third kappa shape index (κ3) is 1.62. The highest BCUT2D eigenvalue weighted by Gasteiger charge is 2.04. The zero-order chi connectivity index (χ0) is 9.26. The van der Waals surface area contributed by atoms with Crippen LogP contribution in [0, 0.1) is 6.92 Å². The van der Waals surface area contributed by atoms with Gasteiger partial charge in [0, 0.05) is 10.0 Å². The first-order chi connectivity index (χ1) is 6.27. The first kappa shape index (κ1) is 8.44. The lowest BCUT2D eigenvalue weighted by Crippen LogP contribution is -1.85. The van der Waals surface area contributed by atoms with Crippen molar-refractivity contribution in [3.05, 3.63) is 34.6 Å². The maximum Gasteiger partial charge on any atom is 0.181 e. The van der Waals surface area contributed by atoms with Gasteiger partial charge in [-0.1, -0.05) is 15.9 Å². The molecule has 0 atom stereocenters. The zero-order valence-corrected chi connectivity index (χ0v) is 8.67. The van der Waals surface area contributed by atoms with Crippen LogP contribution in [0.5, 0.6) is 0 Å². The van der Waals surface area contributed by atoms with Crippen molar-refractivity contribution in [1.82, 2.24) is 15.2 Å². The predicted octanol–water partition coefficient (Wildman–Crippen LogP) is 2.54. The lowest BCUT2D eigenvalue weighted by atomic mass is 10.1. The second-order valence-electron chi connectivity index (χ2n) is 2.78. The van der Waals surface area contributed by atoms with E-state index < -0.39 is 0 Å². The molecule has 0 spiro atoms. The fourth-order valence-electron chi connectivity index (χ4n) is 1.22. The molecule has 4 heteroatoms. The molecule has 0 aliphatic heterocycles. The van der Waals surface area contributed by atoms with Crippen LogP contribution >= 0.6 is 15.9 Å². The van der Waals surface area contributed by atoms with Gasteiger partial charge in [-0.2, -0.15) is 5.10 Å². The summed E-state index contributed by atoms with van der Waals surface area (Å²) in [5.41, 5.74) is 2.22. The lowest BCUT2D eigenvalue weighted by molar-refractivity contribution is 1.09. The summed E-state index contributed by atoms with van der Waals surface area (Å²) >= 11 is 3.41. The molecule has 0 saturated carbocycles. The van der Waals surface area contributed by atoms with Crippen LogP contribution in [0.4, 0.5) is 0 Å². The lowest BCUT2D eigenvalue weighted by Gasteiger charge is -2.00. The van der Waals surface area contributed by atoms with Gasteiger partial charge in [0.05, 0.1) is 0 Å². The summed E-state index contributed by atoms with van der Waals surface area (Å²) in [6.07, 6.45) is 1.58. The first-order valence-corrected chi connectivity index (χ1v) is 4.69. The van der Waals surface area contributed by atoms with Crippen molar-refractivity contribution in [3.8, 4) is 11.4 Å². The number of nitrogens with zero attached hydrogens (tertiary/aromatic N) is 2. The van der Waals surface area contributed by atoms with Crippen LogP contribution in [0.3, 0.4) is 0 Å². The van der Waals surface area contributed by atoms with Crippen molar-refractivity contribution in [2.75, 3.05) is 0 Å². The number of aromatic amines is 1. The van der Waals surface area contributed by atoms with Crippen LogP contribution in [0.15, 0.2) is 29.0 Å². The number of H-pyrrole nitrogens is 1. The largest absolute Gasteiger partial charge is 0.265 e. The van der Waals surface area contributed by atoms with Crippen LogP contribution in [0.25, 0.3) is 11.4 Å². The summed E-state index contributed by atoms with van der Waals surface area (Å²) in [6.45, 7) is 2.04. The van der Waals surface area contributed by atoms with Gasteiger partial charge in [0.25, 0.3) is 0 Å². The van der Waals surface area contributed by atoms with Crippen molar-refractivity contribution in [1.29, 1.82) is 0 Å². The van der Waals surface area contributed by atoms with Gasteiger partial charge >= 0.3 is 0 Å². The van der Waals surface area contributed by atoms with E-state index in [1.165, 1.54) is 0 Å². The van der Waals surface area contributed by atoms with Crippen molar-refractivity contribution < 1.29 is 0 Å². The number of nitrogens with one attached hydrogen (secondary N) is 1. The number of aryl methyl sites for hydroxylation is 1. The van der Waals surface area contributed by atoms with Gasteiger partial charge in [0.2, 0.25) is 0 Å². The van der Waals surface area contributed by atoms with Gasteiger partial charge in [-0.3, -0.25) is 5.10 Å². The van der Waals surface area contributed by atoms with Gasteiger partial charge in [0.1, 0.15) is 6.33 Å². The minimum Gasteiger partial charge on any atom is -0.265 e. The van der Waals surface area contributed by atoms with Crippen molar-refractivity contribution in [2.45, 2.75) is 6.92 Å². The molecule has 0 radical (unpaired) electrons. The highest BCUT2D eigenvalue weighted by atomic mass is 79.9. The molecule has 0 unspecified atom stereocenters. The summed E-state index contributed by atoms with van der Waals surface area (Å²) < 4.78 is 1.07. The Morgan fingerprint density at radius 3 is 2.85 bits per heavy atom. The third-order valence-corrected chi connectivity index (χ3v) is 2.34. The highest BCUT2D eigenvalue weighted by molar-refractivity contribution is 9.10. The molecular formula is C9H8BrN3. The first-order valence-electron chi connectivity index (χ1n) is 3.89. The van der Waals surface area contributed by atoms with Crippen molar-refractivity contribution in [3.63, 3.8) is 0 Å². The number of hydrogen-bond donors (Lipinski definition) is 1. The van der Waals surface area contributed by atoms with Crippen LogP contribution in [-0.2, 0) is 0 Å². The maximum absolute atomic E-state index is 4.10. The highest BCUT2D eigenvalue weighted by Crippen LogP contribution is 2.22. The molecule has 0 aliphatic carbocycles. The fourth-order valence-corrected chi connectivity index (χ4v) is 1.69. The molecule has 1 N–H and O–H groups in total. The van der Waals surface area contributed by atoms with Gasteiger partial charge in [-0.05, 0) is 30.7 Å². The monoisotopic (exact) mass is 237 g/mol. The molecule has 13 heavy (non-hydrogen) atoms. The van der Waals surface area contributed by atoms with Gasteiger partial charge in [0.15, 0.2) is 5.82 Å². The number of hydrogen-bond acceptors (Lipinski definition) is 2. The molecule has 2 rings (SSSR count). The van der Waals surface area contributed by atoms with E-state index in [2.05, 4.69) is 31.1 Å². The predicted molar refractivity (Wildman–Crippen MR) is 54.3 cm³/mol. The third-order valence-electron chi connectivity index (χ3n) is 1.84. The number of rotatable bonds is 1. The summed E-state index contributed by atoms with van der Waals surface area (Å²) in [6, 6.07) is 6.03. The van der Waals surface area contributed by atoms with Gasteiger partial charge < -0.3 is 0 Å². The smallest absolute Gasteiger partial charge is 0.181 e. The topological polar surface area (TPSA) is 41.6 Å². The summed E-state index contributed by atoms with van der Waals surface area (Å²) in [5, 5.41) is 6.72. The van der Waals surface area contributed by atoms with E-state index in [0.29, 0.717) is 0 Å². The summed E-state index contributed by atoms with van der Waals surface area (Å²) in [4.78, 5) is 4.10. The SMILES string of the molecule is Cc1cc(Br)ccc1-c1nc[nH]n1. The molecule has 0 aliphatic rings. The van der Waals surface area contributed by atoms with E-state index in [-0.39, 0.29) is 0 Å². The molecule has 1 aromatic carbocycles. The van der Waals surface area contributed by atoms with E-state index in [9.17, 15) is 0 Å². The van der Waals surface area contributed by atoms with Crippen LogP contribution < -0.4 is 0 Å². The Morgan fingerprint density at radius 2 is 2.23 bits per heavy atom. The molecule has 66 valence electrons. The summed E-state index contributed by atoms with van der Waals surface area (Å²) in [7, 11) is 0. The number of aromatic nitrogens is 3. The molecule has 2 aromatic rings. The average Bonchev–Trinajstić information content (AvgIpc) is 2.56. The normalized spacial score (nSPS) is 10.3. The van der Waals surface area contributed by atoms with Crippen LogP contribution in [0.1, 0.15) is 5.56 Å². The number of halogens is 1. The average molecular weight is 238 g/mol. The van der Waals surface area contributed by atoms with Crippen molar-refractivity contribution in [2.24, 2.45) is 0 Å². The zero-order valence-electron chi connectivity index (χ0n) is 7.08. The fraction of sp³-hybridized carbons (Fsp3) is 0.111. The Balaban J connectivity index is 2.53. The molecule has 3 nitrogen and oxygen atoms in total. The Hall–Kier alpha value is -1.16. The van der Waals surface area contributed by atoms with E-state index in [0.717, 1.165) is 21.4 Å². The summed E-state index contributed by atoms with van der Waals surface area (Å²) in [5.74, 6) is 0.741. The minimum atomic E-state index is 0.741. The standard InChI is InChI=1S/C9H8BrN3/c1-6-4-7(10)2-3-8(6)9-11-5-12-13-9/h2-5H,1H3,(H,11,12,13). The van der Waals surface area contributed by atoms with Crippen LogP contribution in [0.2, 0.25) is 0 Å². The maximum atomic E-state index is 4.10.